The number of carbonyl (C=O) groups excluding carboxylic acids is 1. The van der Waals surface area contributed by atoms with Gasteiger partial charge in [-0.15, -0.1) is 0 Å². The van der Waals surface area contributed by atoms with Crippen molar-refractivity contribution in [2.75, 3.05) is 5.75 Å². The first kappa shape index (κ1) is 10.2. The van der Waals surface area contributed by atoms with Crippen molar-refractivity contribution in [1.82, 2.24) is 9.97 Å². The second-order valence-corrected chi connectivity index (χ2v) is 3.84. The Kier molecular flexibility index (Phi) is 3.89. The van der Waals surface area contributed by atoms with Crippen molar-refractivity contribution >= 4 is 17.5 Å². The van der Waals surface area contributed by atoms with Gasteiger partial charge in [0.2, 0.25) is 0 Å². The Hall–Kier alpha value is -0.900. The second-order valence-electron chi connectivity index (χ2n) is 2.85. The molecule has 0 aliphatic carbocycles. The van der Waals surface area contributed by atoms with Crippen LogP contribution < -0.4 is 0 Å². The van der Waals surface area contributed by atoms with E-state index in [1.807, 2.05) is 6.92 Å². The van der Waals surface area contributed by atoms with Crippen molar-refractivity contribution in [3.05, 3.63) is 18.5 Å². The monoisotopic (exact) mass is 196 g/mol. The van der Waals surface area contributed by atoms with Gasteiger partial charge in [-0.3, -0.25) is 4.79 Å². The summed E-state index contributed by atoms with van der Waals surface area (Å²) in [7, 11) is 0. The summed E-state index contributed by atoms with van der Waals surface area (Å²) in [5.74, 6) is 1.04. The SMILES string of the molecule is CC(=O)C(C)CSc1ncccn1. The lowest BCUT2D eigenvalue weighted by Gasteiger charge is -2.04. The molecule has 0 radical (unpaired) electrons. The lowest BCUT2D eigenvalue weighted by molar-refractivity contribution is -0.119. The smallest absolute Gasteiger partial charge is 0.187 e. The standard InChI is InChI=1S/C9H12N2OS/c1-7(8(2)12)6-13-9-10-4-3-5-11-9/h3-5,7H,6H2,1-2H3. The largest absolute Gasteiger partial charge is 0.300 e. The van der Waals surface area contributed by atoms with E-state index < -0.39 is 0 Å². The molecule has 70 valence electrons. The topological polar surface area (TPSA) is 42.9 Å². The third-order valence-corrected chi connectivity index (χ3v) is 2.83. The minimum absolute atomic E-state index is 0.0776. The third-order valence-electron chi connectivity index (χ3n) is 1.70. The summed E-state index contributed by atoms with van der Waals surface area (Å²) in [5, 5.41) is 0.732. The molecule has 0 aliphatic heterocycles. The van der Waals surface area contributed by atoms with Crippen LogP contribution >= 0.6 is 11.8 Å². The maximum Gasteiger partial charge on any atom is 0.187 e. The normalized spacial score (nSPS) is 12.5. The van der Waals surface area contributed by atoms with Gasteiger partial charge in [0, 0.05) is 24.1 Å². The van der Waals surface area contributed by atoms with Crippen LogP contribution in [-0.2, 0) is 4.79 Å². The molecule has 4 heteroatoms. The van der Waals surface area contributed by atoms with Crippen LogP contribution in [0.4, 0.5) is 0 Å². The van der Waals surface area contributed by atoms with Crippen molar-refractivity contribution in [3.8, 4) is 0 Å². The summed E-state index contributed by atoms with van der Waals surface area (Å²) >= 11 is 1.51. The van der Waals surface area contributed by atoms with Gasteiger partial charge in [0.15, 0.2) is 5.16 Å². The van der Waals surface area contributed by atoms with Gasteiger partial charge in [-0.1, -0.05) is 18.7 Å². The number of ketones is 1. The molecule has 0 saturated carbocycles. The highest BCUT2D eigenvalue weighted by molar-refractivity contribution is 7.99. The van der Waals surface area contributed by atoms with E-state index in [-0.39, 0.29) is 11.7 Å². The van der Waals surface area contributed by atoms with Crippen LogP contribution in [0.5, 0.6) is 0 Å². The summed E-state index contributed by atoms with van der Waals surface area (Å²) in [6, 6.07) is 1.78. The number of thioether (sulfide) groups is 1. The van der Waals surface area contributed by atoms with Gasteiger partial charge in [0.05, 0.1) is 0 Å². The van der Waals surface area contributed by atoms with Gasteiger partial charge in [-0.25, -0.2) is 9.97 Å². The maximum atomic E-state index is 10.9. The molecule has 0 aromatic carbocycles. The van der Waals surface area contributed by atoms with Crippen molar-refractivity contribution in [2.24, 2.45) is 5.92 Å². The first-order valence-electron chi connectivity index (χ1n) is 4.10. The lowest BCUT2D eigenvalue weighted by atomic mass is 10.1. The molecule has 0 fully saturated rings. The average molecular weight is 196 g/mol. The molecule has 0 saturated heterocycles. The van der Waals surface area contributed by atoms with Crippen LogP contribution in [0.3, 0.4) is 0 Å². The summed E-state index contributed by atoms with van der Waals surface area (Å²) in [6.07, 6.45) is 3.40. The summed E-state index contributed by atoms with van der Waals surface area (Å²) < 4.78 is 0. The van der Waals surface area contributed by atoms with Gasteiger partial charge >= 0.3 is 0 Å². The molecule has 1 unspecified atom stereocenters. The van der Waals surface area contributed by atoms with Crippen LogP contribution in [0, 0.1) is 5.92 Å². The van der Waals surface area contributed by atoms with E-state index in [0.717, 1.165) is 10.9 Å². The Balaban J connectivity index is 2.39. The fourth-order valence-corrected chi connectivity index (χ4v) is 1.58. The number of aromatic nitrogens is 2. The first-order chi connectivity index (χ1) is 6.20. The molecular formula is C9H12N2OS. The molecule has 1 rings (SSSR count). The zero-order valence-electron chi connectivity index (χ0n) is 7.73. The van der Waals surface area contributed by atoms with Gasteiger partial charge in [-0.05, 0) is 13.0 Å². The molecule has 0 N–H and O–H groups in total. The Bertz CT molecular complexity index is 276. The Labute approximate surface area is 82.0 Å². The molecule has 1 aromatic rings. The molecule has 1 heterocycles. The van der Waals surface area contributed by atoms with Crippen LogP contribution in [0.2, 0.25) is 0 Å². The van der Waals surface area contributed by atoms with Gasteiger partial charge in [0.1, 0.15) is 5.78 Å². The highest BCUT2D eigenvalue weighted by Crippen LogP contribution is 2.15. The fourth-order valence-electron chi connectivity index (χ4n) is 0.677. The summed E-state index contributed by atoms with van der Waals surface area (Å²) in [5.41, 5.74) is 0. The fraction of sp³-hybridized carbons (Fsp3) is 0.444. The zero-order chi connectivity index (χ0) is 9.68. The Morgan fingerprint density at radius 2 is 2.15 bits per heavy atom. The van der Waals surface area contributed by atoms with Gasteiger partial charge in [0.25, 0.3) is 0 Å². The molecule has 0 spiro atoms. The van der Waals surface area contributed by atoms with Crippen molar-refractivity contribution in [3.63, 3.8) is 0 Å². The van der Waals surface area contributed by atoms with E-state index in [4.69, 9.17) is 0 Å². The number of rotatable bonds is 4. The van der Waals surface area contributed by atoms with E-state index in [9.17, 15) is 4.79 Å². The zero-order valence-corrected chi connectivity index (χ0v) is 8.54. The summed E-state index contributed by atoms with van der Waals surface area (Å²) in [4.78, 5) is 19.0. The first-order valence-corrected chi connectivity index (χ1v) is 5.09. The molecule has 13 heavy (non-hydrogen) atoms. The quantitative estimate of drug-likeness (QED) is 0.544. The van der Waals surface area contributed by atoms with E-state index in [1.165, 1.54) is 11.8 Å². The summed E-state index contributed by atoms with van der Waals surface area (Å²) in [6.45, 7) is 3.52. The molecule has 0 aliphatic rings. The molecule has 3 nitrogen and oxygen atoms in total. The van der Waals surface area contributed by atoms with E-state index in [2.05, 4.69) is 9.97 Å². The van der Waals surface area contributed by atoms with Crippen LogP contribution in [0.1, 0.15) is 13.8 Å². The predicted molar refractivity (Wildman–Crippen MR) is 52.6 cm³/mol. The predicted octanol–water partition coefficient (Wildman–Crippen LogP) is 1.79. The minimum Gasteiger partial charge on any atom is -0.300 e. The number of nitrogens with zero attached hydrogens (tertiary/aromatic N) is 2. The lowest BCUT2D eigenvalue weighted by Crippen LogP contribution is -2.08. The van der Waals surface area contributed by atoms with Crippen molar-refractivity contribution in [2.45, 2.75) is 19.0 Å². The molecular weight excluding hydrogens is 184 g/mol. The van der Waals surface area contributed by atoms with E-state index in [0.29, 0.717) is 0 Å². The number of hydrogen-bond donors (Lipinski definition) is 0. The van der Waals surface area contributed by atoms with E-state index in [1.54, 1.807) is 25.4 Å². The Morgan fingerprint density at radius 3 is 2.69 bits per heavy atom. The van der Waals surface area contributed by atoms with Crippen molar-refractivity contribution < 1.29 is 4.79 Å². The molecule has 1 aromatic heterocycles. The third kappa shape index (κ3) is 3.55. The maximum absolute atomic E-state index is 10.9. The Morgan fingerprint density at radius 1 is 1.54 bits per heavy atom. The molecule has 0 amide bonds. The van der Waals surface area contributed by atoms with E-state index >= 15 is 0 Å². The average Bonchev–Trinajstić information content (AvgIpc) is 2.15. The van der Waals surface area contributed by atoms with Crippen LogP contribution in [0.15, 0.2) is 23.6 Å². The van der Waals surface area contributed by atoms with Crippen LogP contribution in [-0.4, -0.2) is 21.5 Å². The highest BCUT2D eigenvalue weighted by Gasteiger charge is 2.08. The highest BCUT2D eigenvalue weighted by atomic mass is 32.2. The number of hydrogen-bond acceptors (Lipinski definition) is 4. The number of Topliss-reactive ketones (excluding diaryl/α,β-unsaturated/α-hetero) is 1. The van der Waals surface area contributed by atoms with Crippen LogP contribution in [0.25, 0.3) is 0 Å². The number of carbonyl (C=O) groups is 1. The van der Waals surface area contributed by atoms with Gasteiger partial charge < -0.3 is 0 Å². The van der Waals surface area contributed by atoms with Gasteiger partial charge in [-0.2, -0.15) is 0 Å². The molecule has 1 atom stereocenters. The molecule has 0 bridgehead atoms. The van der Waals surface area contributed by atoms with Crippen molar-refractivity contribution in [1.29, 1.82) is 0 Å². The minimum atomic E-state index is 0.0776. The second kappa shape index (κ2) is 4.97.